The lowest BCUT2D eigenvalue weighted by Gasteiger charge is -2.05. The summed E-state index contributed by atoms with van der Waals surface area (Å²) < 4.78 is 7.65. The number of aryl methyl sites for hydroxylation is 1. The number of carbonyl (C=O) groups is 2. The lowest BCUT2D eigenvalue weighted by Crippen LogP contribution is -2.15. The van der Waals surface area contributed by atoms with E-state index in [0.717, 1.165) is 21.3 Å². The van der Waals surface area contributed by atoms with Gasteiger partial charge in [-0.1, -0.05) is 76.1 Å². The smallest absolute Gasteiger partial charge is 0.378 e. The van der Waals surface area contributed by atoms with Gasteiger partial charge in [0.25, 0.3) is 5.82 Å². The molecule has 0 saturated heterocycles. The van der Waals surface area contributed by atoms with Crippen molar-refractivity contribution in [2.75, 3.05) is 6.61 Å². The van der Waals surface area contributed by atoms with Gasteiger partial charge in [-0.05, 0) is 31.2 Å². The molecule has 31 heavy (non-hydrogen) atoms. The molecule has 0 unspecified atom stereocenters. The lowest BCUT2D eigenvalue weighted by molar-refractivity contribution is 0.0462. The topological polar surface area (TPSA) is 74.1 Å². The second-order valence-electron chi connectivity index (χ2n) is 6.88. The molecule has 0 spiro atoms. The van der Waals surface area contributed by atoms with Gasteiger partial charge < -0.3 is 4.74 Å². The first-order chi connectivity index (χ1) is 15.0. The Balaban J connectivity index is 1.59. The molecule has 1 aromatic heterocycles. The summed E-state index contributed by atoms with van der Waals surface area (Å²) in [5, 5.41) is 4.35. The van der Waals surface area contributed by atoms with Crippen LogP contribution in [0.15, 0.2) is 83.3 Å². The Morgan fingerprint density at radius 2 is 1.61 bits per heavy atom. The molecule has 0 atom stereocenters. The number of nitrogens with zero attached hydrogens (tertiary/aromatic N) is 3. The number of aromatic nitrogens is 3. The van der Waals surface area contributed by atoms with Crippen LogP contribution in [0.2, 0.25) is 0 Å². The third-order valence-corrected chi connectivity index (χ3v) is 5.13. The first-order valence-electron chi connectivity index (χ1n) is 9.57. The Morgan fingerprint density at radius 3 is 2.29 bits per heavy atom. The highest BCUT2D eigenvalue weighted by molar-refractivity contribution is 9.10. The summed E-state index contributed by atoms with van der Waals surface area (Å²) in [6, 6.07) is 24.0. The van der Waals surface area contributed by atoms with Gasteiger partial charge in [-0.2, -0.15) is 0 Å². The van der Waals surface area contributed by atoms with Crippen LogP contribution in [0, 0.1) is 6.92 Å². The van der Waals surface area contributed by atoms with Gasteiger partial charge >= 0.3 is 5.97 Å². The van der Waals surface area contributed by atoms with Crippen LogP contribution < -0.4 is 0 Å². The Kier molecular flexibility index (Phi) is 6.04. The van der Waals surface area contributed by atoms with E-state index in [1.165, 1.54) is 0 Å². The van der Waals surface area contributed by atoms with Gasteiger partial charge in [0.2, 0.25) is 0 Å². The first kappa shape index (κ1) is 20.7. The minimum absolute atomic E-state index is 0.108. The number of ketones is 1. The van der Waals surface area contributed by atoms with Crippen molar-refractivity contribution >= 4 is 27.7 Å². The monoisotopic (exact) mass is 475 g/mol. The Morgan fingerprint density at radius 1 is 0.935 bits per heavy atom. The minimum atomic E-state index is -0.756. The molecular weight excluding hydrogens is 458 g/mol. The molecule has 0 bridgehead atoms. The van der Waals surface area contributed by atoms with Gasteiger partial charge in [0, 0.05) is 15.6 Å². The van der Waals surface area contributed by atoms with E-state index in [1.807, 2.05) is 61.5 Å². The third-order valence-electron chi connectivity index (χ3n) is 4.60. The average molecular weight is 476 g/mol. The Hall–Kier alpha value is -3.58. The molecule has 1 heterocycles. The van der Waals surface area contributed by atoms with E-state index in [2.05, 4.69) is 26.0 Å². The fourth-order valence-corrected chi connectivity index (χ4v) is 3.22. The SMILES string of the molecule is Cc1ccc(-c2nc(C(=O)OCC(=O)c3ccc(Br)cc3)nn2-c2ccccc2)cc1. The van der Waals surface area contributed by atoms with Gasteiger partial charge in [-0.25, -0.2) is 14.5 Å². The van der Waals surface area contributed by atoms with E-state index < -0.39 is 5.97 Å². The molecule has 4 rings (SSSR count). The van der Waals surface area contributed by atoms with Gasteiger partial charge in [-0.15, -0.1) is 5.10 Å². The Labute approximate surface area is 187 Å². The van der Waals surface area contributed by atoms with Crippen LogP contribution in [0.1, 0.15) is 26.5 Å². The van der Waals surface area contributed by atoms with E-state index in [1.54, 1.807) is 28.9 Å². The van der Waals surface area contributed by atoms with Crippen LogP contribution >= 0.6 is 15.9 Å². The molecule has 154 valence electrons. The molecule has 0 saturated carbocycles. The Bertz CT molecular complexity index is 1220. The maximum absolute atomic E-state index is 12.6. The summed E-state index contributed by atoms with van der Waals surface area (Å²) in [7, 11) is 0. The molecule has 0 aliphatic heterocycles. The number of para-hydroxylation sites is 1. The van der Waals surface area contributed by atoms with Crippen molar-refractivity contribution in [1.82, 2.24) is 14.8 Å². The van der Waals surface area contributed by atoms with Crippen LogP contribution in [-0.2, 0) is 4.74 Å². The summed E-state index contributed by atoms with van der Waals surface area (Å²) in [4.78, 5) is 29.3. The summed E-state index contributed by atoms with van der Waals surface area (Å²) in [6.07, 6.45) is 0. The highest BCUT2D eigenvalue weighted by Crippen LogP contribution is 2.22. The van der Waals surface area contributed by atoms with E-state index >= 15 is 0 Å². The van der Waals surface area contributed by atoms with Crippen molar-refractivity contribution < 1.29 is 14.3 Å². The molecule has 6 nitrogen and oxygen atoms in total. The predicted molar refractivity (Wildman–Crippen MR) is 120 cm³/mol. The van der Waals surface area contributed by atoms with Crippen molar-refractivity contribution in [1.29, 1.82) is 0 Å². The fraction of sp³-hybridized carbons (Fsp3) is 0.0833. The number of benzene rings is 3. The quantitative estimate of drug-likeness (QED) is 0.288. The van der Waals surface area contributed by atoms with Gasteiger partial charge in [-0.3, -0.25) is 4.79 Å². The number of Topliss-reactive ketones (excluding diaryl/α,β-unsaturated/α-hetero) is 1. The van der Waals surface area contributed by atoms with Crippen molar-refractivity contribution in [3.8, 4) is 17.1 Å². The maximum Gasteiger partial charge on any atom is 0.378 e. The standard InChI is InChI=1S/C24H18BrN3O3/c1-16-7-9-18(10-8-16)23-26-22(27-28(23)20-5-3-2-4-6-20)24(30)31-15-21(29)17-11-13-19(25)14-12-17/h2-14H,15H2,1H3. The molecule has 0 fully saturated rings. The average Bonchev–Trinajstić information content (AvgIpc) is 3.24. The largest absolute Gasteiger partial charge is 0.451 e. The maximum atomic E-state index is 12.6. The molecular formula is C24H18BrN3O3. The molecule has 3 aromatic carbocycles. The second kappa shape index (κ2) is 9.06. The highest BCUT2D eigenvalue weighted by Gasteiger charge is 2.21. The van der Waals surface area contributed by atoms with Crippen molar-refractivity contribution in [3.05, 3.63) is 100 Å². The van der Waals surface area contributed by atoms with Crippen molar-refractivity contribution in [3.63, 3.8) is 0 Å². The molecule has 0 amide bonds. The third kappa shape index (κ3) is 4.78. The molecule has 0 N–H and O–H groups in total. The normalized spacial score (nSPS) is 10.6. The van der Waals surface area contributed by atoms with Gasteiger partial charge in [0.1, 0.15) is 0 Å². The van der Waals surface area contributed by atoms with Crippen LogP contribution in [-0.4, -0.2) is 33.1 Å². The van der Waals surface area contributed by atoms with Crippen molar-refractivity contribution in [2.24, 2.45) is 0 Å². The van der Waals surface area contributed by atoms with Crippen LogP contribution in [0.25, 0.3) is 17.1 Å². The molecule has 0 aliphatic carbocycles. The molecule has 7 heteroatoms. The number of ether oxygens (including phenoxy) is 1. The molecule has 0 aliphatic rings. The summed E-state index contributed by atoms with van der Waals surface area (Å²) in [6.45, 7) is 1.61. The fourth-order valence-electron chi connectivity index (χ4n) is 2.95. The highest BCUT2D eigenvalue weighted by atomic mass is 79.9. The summed E-state index contributed by atoms with van der Waals surface area (Å²) in [5.41, 5.74) is 3.14. The molecule has 4 aromatic rings. The van der Waals surface area contributed by atoms with Crippen molar-refractivity contribution in [2.45, 2.75) is 6.92 Å². The first-order valence-corrected chi connectivity index (χ1v) is 10.4. The van der Waals surface area contributed by atoms with Gasteiger partial charge in [0.05, 0.1) is 5.69 Å². The number of esters is 1. The zero-order chi connectivity index (χ0) is 21.8. The number of halogens is 1. The predicted octanol–water partition coefficient (Wildman–Crippen LogP) is 5.04. The number of rotatable bonds is 6. The zero-order valence-electron chi connectivity index (χ0n) is 16.7. The van der Waals surface area contributed by atoms with Crippen LogP contribution in [0.4, 0.5) is 0 Å². The zero-order valence-corrected chi connectivity index (χ0v) is 18.2. The van der Waals surface area contributed by atoms with E-state index in [9.17, 15) is 9.59 Å². The van der Waals surface area contributed by atoms with Crippen LogP contribution in [0.5, 0.6) is 0 Å². The van der Waals surface area contributed by atoms with E-state index in [-0.39, 0.29) is 18.2 Å². The number of carbonyl (C=O) groups excluding carboxylic acids is 2. The number of hydrogen-bond donors (Lipinski definition) is 0. The minimum Gasteiger partial charge on any atom is -0.451 e. The summed E-state index contributed by atoms with van der Waals surface area (Å²) in [5.74, 6) is -0.656. The van der Waals surface area contributed by atoms with Crippen LogP contribution in [0.3, 0.4) is 0 Å². The number of hydrogen-bond acceptors (Lipinski definition) is 5. The van der Waals surface area contributed by atoms with Gasteiger partial charge in [0.15, 0.2) is 18.2 Å². The second-order valence-corrected chi connectivity index (χ2v) is 7.79. The molecule has 0 radical (unpaired) electrons. The van der Waals surface area contributed by atoms with E-state index in [0.29, 0.717) is 11.4 Å². The van der Waals surface area contributed by atoms with E-state index in [4.69, 9.17) is 4.74 Å². The summed E-state index contributed by atoms with van der Waals surface area (Å²) >= 11 is 3.32. The lowest BCUT2D eigenvalue weighted by atomic mass is 10.1.